The average Bonchev–Trinajstić information content (AvgIpc) is 2.98. The molecule has 6 nitrogen and oxygen atoms in total. The number of nitrogens with one attached hydrogen (secondary N) is 1. The molecule has 0 radical (unpaired) electrons. The Labute approximate surface area is 149 Å². The highest BCUT2D eigenvalue weighted by atomic mass is 16.5. The van der Waals surface area contributed by atoms with Crippen molar-refractivity contribution in [1.29, 1.82) is 0 Å². The van der Waals surface area contributed by atoms with E-state index in [9.17, 15) is 4.79 Å². The normalized spacial score (nSPS) is 32.9. The van der Waals surface area contributed by atoms with Crippen LogP contribution in [-0.4, -0.2) is 40.9 Å². The summed E-state index contributed by atoms with van der Waals surface area (Å²) < 4.78 is 7.10. The van der Waals surface area contributed by atoms with Gasteiger partial charge in [-0.15, -0.1) is 10.2 Å². The highest BCUT2D eigenvalue weighted by Gasteiger charge is 2.51. The standard InChI is InChI=1S/C19H30N4O2/c1-25-5-4-23-13-21-22-17(23)2-3-20-18(24)12-19-9-14-6-15(10-19)8-16(7-14)11-19/h13-16H,2-12H2,1H3,(H,20,24). The molecule has 0 aromatic carbocycles. The lowest BCUT2D eigenvalue weighted by Gasteiger charge is -2.56. The first-order chi connectivity index (χ1) is 12.2. The van der Waals surface area contributed by atoms with Crippen LogP contribution in [0.1, 0.15) is 50.8 Å². The number of hydrogen-bond acceptors (Lipinski definition) is 4. The number of hydrogen-bond donors (Lipinski definition) is 1. The molecule has 1 heterocycles. The van der Waals surface area contributed by atoms with Crippen LogP contribution in [0.2, 0.25) is 0 Å². The van der Waals surface area contributed by atoms with Gasteiger partial charge in [0.1, 0.15) is 12.2 Å². The third kappa shape index (κ3) is 3.73. The van der Waals surface area contributed by atoms with E-state index in [-0.39, 0.29) is 5.91 Å². The van der Waals surface area contributed by atoms with Gasteiger partial charge in [0.15, 0.2) is 0 Å². The van der Waals surface area contributed by atoms with Crippen molar-refractivity contribution in [3.05, 3.63) is 12.2 Å². The van der Waals surface area contributed by atoms with Crippen LogP contribution in [0.5, 0.6) is 0 Å². The van der Waals surface area contributed by atoms with Crippen LogP contribution in [-0.2, 0) is 22.5 Å². The van der Waals surface area contributed by atoms with E-state index in [0.29, 0.717) is 18.6 Å². The molecule has 6 heteroatoms. The number of nitrogens with zero attached hydrogens (tertiary/aromatic N) is 3. The summed E-state index contributed by atoms with van der Waals surface area (Å²) in [4.78, 5) is 12.5. The molecule has 0 saturated heterocycles. The summed E-state index contributed by atoms with van der Waals surface area (Å²) in [5, 5.41) is 11.2. The molecule has 0 unspecified atom stereocenters. The SMILES string of the molecule is COCCn1cnnc1CCNC(=O)CC12CC3CC(CC(C3)C1)C2. The van der Waals surface area contributed by atoms with Crippen molar-refractivity contribution in [2.45, 2.75) is 57.9 Å². The van der Waals surface area contributed by atoms with Crippen molar-refractivity contribution >= 4 is 5.91 Å². The quantitative estimate of drug-likeness (QED) is 0.783. The lowest BCUT2D eigenvalue weighted by atomic mass is 9.49. The Morgan fingerprint density at radius 1 is 1.28 bits per heavy atom. The predicted molar refractivity (Wildman–Crippen MR) is 93.8 cm³/mol. The lowest BCUT2D eigenvalue weighted by Crippen LogP contribution is -2.48. The van der Waals surface area contributed by atoms with Crippen LogP contribution in [0, 0.1) is 23.2 Å². The molecule has 4 fully saturated rings. The average molecular weight is 346 g/mol. The fourth-order valence-corrected chi connectivity index (χ4v) is 6.07. The number of amides is 1. The number of carbonyl (C=O) groups is 1. The number of carbonyl (C=O) groups excluding carboxylic acids is 1. The van der Waals surface area contributed by atoms with E-state index in [1.54, 1.807) is 13.4 Å². The van der Waals surface area contributed by atoms with E-state index in [2.05, 4.69) is 15.5 Å². The zero-order valence-corrected chi connectivity index (χ0v) is 15.2. The minimum atomic E-state index is 0.227. The molecule has 4 aliphatic rings. The fourth-order valence-electron chi connectivity index (χ4n) is 6.07. The van der Waals surface area contributed by atoms with Gasteiger partial charge in [-0.25, -0.2) is 0 Å². The molecule has 0 atom stereocenters. The van der Waals surface area contributed by atoms with Gasteiger partial charge in [-0.05, 0) is 61.7 Å². The molecule has 5 rings (SSSR count). The number of methoxy groups -OCH3 is 1. The Bertz CT molecular complexity index is 577. The molecule has 4 aliphatic carbocycles. The van der Waals surface area contributed by atoms with E-state index in [1.165, 1.54) is 38.5 Å². The van der Waals surface area contributed by atoms with Gasteiger partial charge in [0.2, 0.25) is 5.91 Å². The van der Waals surface area contributed by atoms with Crippen LogP contribution in [0.15, 0.2) is 6.33 Å². The monoisotopic (exact) mass is 346 g/mol. The first-order valence-electron chi connectivity index (χ1n) is 9.78. The van der Waals surface area contributed by atoms with Crippen molar-refractivity contribution in [3.63, 3.8) is 0 Å². The maximum Gasteiger partial charge on any atom is 0.220 e. The summed E-state index contributed by atoms with van der Waals surface area (Å²) in [5.41, 5.74) is 0.317. The van der Waals surface area contributed by atoms with Gasteiger partial charge in [0.25, 0.3) is 0 Å². The zero-order valence-electron chi connectivity index (χ0n) is 15.2. The molecule has 1 aromatic heterocycles. The molecule has 1 aromatic rings. The van der Waals surface area contributed by atoms with Gasteiger partial charge in [0.05, 0.1) is 6.61 Å². The first-order valence-corrected chi connectivity index (χ1v) is 9.78. The number of aromatic nitrogens is 3. The predicted octanol–water partition coefficient (Wildman–Crippen LogP) is 2.19. The van der Waals surface area contributed by atoms with E-state index in [0.717, 1.165) is 43.0 Å². The Balaban J connectivity index is 1.25. The second-order valence-electron chi connectivity index (χ2n) is 8.63. The summed E-state index contributed by atoms with van der Waals surface area (Å²) in [6.07, 6.45) is 11.3. The highest BCUT2D eigenvalue weighted by Crippen LogP contribution is 2.61. The molecular formula is C19H30N4O2. The minimum Gasteiger partial charge on any atom is -0.383 e. The zero-order chi connectivity index (χ0) is 17.3. The van der Waals surface area contributed by atoms with Crippen LogP contribution >= 0.6 is 0 Å². The maximum absolute atomic E-state index is 12.5. The molecule has 4 saturated carbocycles. The molecule has 25 heavy (non-hydrogen) atoms. The number of ether oxygens (including phenoxy) is 1. The van der Waals surface area contributed by atoms with Gasteiger partial charge in [-0.1, -0.05) is 0 Å². The van der Waals surface area contributed by atoms with Gasteiger partial charge >= 0.3 is 0 Å². The number of rotatable bonds is 8. The molecular weight excluding hydrogens is 316 g/mol. The highest BCUT2D eigenvalue weighted by molar-refractivity contribution is 5.76. The first kappa shape index (κ1) is 17.0. The molecule has 1 N–H and O–H groups in total. The van der Waals surface area contributed by atoms with Crippen molar-refractivity contribution in [2.24, 2.45) is 23.2 Å². The summed E-state index contributed by atoms with van der Waals surface area (Å²) in [6, 6.07) is 0. The Morgan fingerprint density at radius 3 is 2.60 bits per heavy atom. The van der Waals surface area contributed by atoms with E-state index >= 15 is 0 Å². The second-order valence-corrected chi connectivity index (χ2v) is 8.63. The van der Waals surface area contributed by atoms with Gasteiger partial charge in [0, 0.05) is 33.0 Å². The summed E-state index contributed by atoms with van der Waals surface area (Å²) in [7, 11) is 1.69. The Hall–Kier alpha value is -1.43. The van der Waals surface area contributed by atoms with Crippen molar-refractivity contribution in [2.75, 3.05) is 20.3 Å². The Morgan fingerprint density at radius 2 is 1.96 bits per heavy atom. The van der Waals surface area contributed by atoms with Gasteiger partial charge in [-0.2, -0.15) is 0 Å². The third-order valence-electron chi connectivity index (χ3n) is 6.60. The van der Waals surface area contributed by atoms with Crippen molar-refractivity contribution in [1.82, 2.24) is 20.1 Å². The van der Waals surface area contributed by atoms with Crippen molar-refractivity contribution < 1.29 is 9.53 Å². The summed E-state index contributed by atoms with van der Waals surface area (Å²) >= 11 is 0. The van der Waals surface area contributed by atoms with Gasteiger partial charge in [-0.3, -0.25) is 4.79 Å². The van der Waals surface area contributed by atoms with Crippen LogP contribution in [0.25, 0.3) is 0 Å². The minimum absolute atomic E-state index is 0.227. The lowest BCUT2D eigenvalue weighted by molar-refractivity contribution is -0.129. The largest absolute Gasteiger partial charge is 0.383 e. The summed E-state index contributed by atoms with van der Waals surface area (Å²) in [6.45, 7) is 2.03. The molecule has 4 bridgehead atoms. The van der Waals surface area contributed by atoms with Gasteiger partial charge < -0.3 is 14.6 Å². The molecule has 0 spiro atoms. The molecule has 1 amide bonds. The topological polar surface area (TPSA) is 69.0 Å². The third-order valence-corrected chi connectivity index (χ3v) is 6.60. The van der Waals surface area contributed by atoms with Crippen LogP contribution in [0.3, 0.4) is 0 Å². The van der Waals surface area contributed by atoms with Crippen molar-refractivity contribution in [3.8, 4) is 0 Å². The van der Waals surface area contributed by atoms with Crippen LogP contribution < -0.4 is 5.32 Å². The molecule has 138 valence electrons. The summed E-state index contributed by atoms with van der Waals surface area (Å²) in [5.74, 6) is 3.84. The molecule has 0 aliphatic heterocycles. The van der Waals surface area contributed by atoms with Crippen LogP contribution in [0.4, 0.5) is 0 Å². The van der Waals surface area contributed by atoms with E-state index in [4.69, 9.17) is 4.74 Å². The van der Waals surface area contributed by atoms with E-state index in [1.807, 2.05) is 4.57 Å². The Kier molecular flexibility index (Phi) is 4.80. The maximum atomic E-state index is 12.5. The second kappa shape index (κ2) is 7.06. The smallest absolute Gasteiger partial charge is 0.220 e. The van der Waals surface area contributed by atoms with E-state index < -0.39 is 0 Å². The fraction of sp³-hybridized carbons (Fsp3) is 0.842.